The van der Waals surface area contributed by atoms with Crippen LogP contribution in [0.25, 0.3) is 0 Å². The van der Waals surface area contributed by atoms with E-state index >= 15 is 0 Å². The molecule has 0 spiro atoms. The van der Waals surface area contributed by atoms with E-state index in [-0.39, 0.29) is 12.5 Å². The summed E-state index contributed by atoms with van der Waals surface area (Å²) in [4.78, 5) is 12.3. The molecule has 0 fully saturated rings. The van der Waals surface area contributed by atoms with Crippen LogP contribution in [0.4, 0.5) is 0 Å². The van der Waals surface area contributed by atoms with Crippen molar-refractivity contribution in [2.45, 2.75) is 244 Å². The summed E-state index contributed by atoms with van der Waals surface area (Å²) in [5, 5.41) is 22.9. The highest BCUT2D eigenvalue weighted by molar-refractivity contribution is 5.76. The molecule has 0 rings (SSSR count). The van der Waals surface area contributed by atoms with Crippen LogP contribution >= 0.6 is 0 Å². The predicted molar refractivity (Wildman–Crippen MR) is 221 cm³/mol. The van der Waals surface area contributed by atoms with E-state index in [4.69, 9.17) is 0 Å². The van der Waals surface area contributed by atoms with Crippen molar-refractivity contribution in [1.82, 2.24) is 5.32 Å². The third-order valence-electron chi connectivity index (χ3n) is 10.1. The van der Waals surface area contributed by atoms with Crippen LogP contribution in [-0.4, -0.2) is 34.9 Å². The summed E-state index contributed by atoms with van der Waals surface area (Å²) in [6.07, 6.45) is 55.6. The van der Waals surface area contributed by atoms with E-state index < -0.39 is 12.1 Å². The molecule has 2 atom stereocenters. The maximum absolute atomic E-state index is 12.3. The van der Waals surface area contributed by atoms with Crippen molar-refractivity contribution in [2.75, 3.05) is 6.61 Å². The van der Waals surface area contributed by atoms with Crippen LogP contribution < -0.4 is 5.32 Å². The summed E-state index contributed by atoms with van der Waals surface area (Å²) in [5.41, 5.74) is 0. The van der Waals surface area contributed by atoms with Gasteiger partial charge in [0.1, 0.15) is 0 Å². The fraction of sp³-hybridized carbons (Fsp3) is 0.848. The minimum Gasteiger partial charge on any atom is -0.394 e. The predicted octanol–water partition coefficient (Wildman–Crippen LogP) is 13.8. The average Bonchev–Trinajstić information content (AvgIpc) is 3.12. The molecule has 0 heterocycles. The molecule has 2 unspecified atom stereocenters. The minimum atomic E-state index is -0.866. The number of rotatable bonds is 40. The number of unbranched alkanes of at least 4 members (excludes halogenated alkanes) is 29. The van der Waals surface area contributed by atoms with Gasteiger partial charge in [-0.25, -0.2) is 0 Å². The Labute approximate surface area is 312 Å². The fourth-order valence-electron chi connectivity index (χ4n) is 6.68. The van der Waals surface area contributed by atoms with Crippen LogP contribution in [0.3, 0.4) is 0 Å². The zero-order valence-corrected chi connectivity index (χ0v) is 33.7. The van der Waals surface area contributed by atoms with Crippen molar-refractivity contribution in [2.24, 2.45) is 0 Å². The van der Waals surface area contributed by atoms with Crippen molar-refractivity contribution in [3.05, 3.63) is 36.5 Å². The topological polar surface area (TPSA) is 69.6 Å². The number of allylic oxidation sites excluding steroid dienone is 5. The zero-order valence-electron chi connectivity index (χ0n) is 33.7. The van der Waals surface area contributed by atoms with Crippen LogP contribution in [0.1, 0.15) is 232 Å². The van der Waals surface area contributed by atoms with Gasteiger partial charge in [-0.2, -0.15) is 0 Å². The van der Waals surface area contributed by atoms with E-state index in [0.29, 0.717) is 6.42 Å². The number of amides is 1. The zero-order chi connectivity index (χ0) is 36.4. The summed E-state index contributed by atoms with van der Waals surface area (Å²) in [5.74, 6) is -0.0801. The Kier molecular flexibility index (Phi) is 40.9. The fourth-order valence-corrected chi connectivity index (χ4v) is 6.68. The monoisotopic (exact) mass is 702 g/mol. The van der Waals surface area contributed by atoms with Gasteiger partial charge in [-0.05, 0) is 44.9 Å². The van der Waals surface area contributed by atoms with Crippen LogP contribution in [0.5, 0.6) is 0 Å². The number of aliphatic hydroxyl groups is 2. The molecule has 0 saturated carbocycles. The molecule has 294 valence electrons. The van der Waals surface area contributed by atoms with E-state index in [1.165, 1.54) is 173 Å². The summed E-state index contributed by atoms with van der Waals surface area (Å²) in [6, 6.07) is -0.641. The van der Waals surface area contributed by atoms with Gasteiger partial charge in [0.05, 0.1) is 18.8 Å². The molecule has 0 saturated heterocycles. The lowest BCUT2D eigenvalue weighted by atomic mass is 10.0. The maximum Gasteiger partial charge on any atom is 0.220 e. The number of nitrogens with one attached hydrogen (secondary N) is 1. The second-order valence-electron chi connectivity index (χ2n) is 15.1. The number of aliphatic hydroxyl groups excluding tert-OH is 2. The molecule has 0 bridgehead atoms. The van der Waals surface area contributed by atoms with Gasteiger partial charge in [0, 0.05) is 6.42 Å². The molecule has 0 aromatic carbocycles. The first kappa shape index (κ1) is 48.6. The molecular formula is C46H87NO3. The average molecular weight is 702 g/mol. The number of hydrogen-bond acceptors (Lipinski definition) is 3. The van der Waals surface area contributed by atoms with E-state index in [1.54, 1.807) is 6.08 Å². The second kappa shape index (κ2) is 42.0. The molecule has 50 heavy (non-hydrogen) atoms. The smallest absolute Gasteiger partial charge is 0.220 e. The van der Waals surface area contributed by atoms with E-state index in [0.717, 1.165) is 38.5 Å². The van der Waals surface area contributed by atoms with Crippen molar-refractivity contribution in [3.8, 4) is 0 Å². The summed E-state index contributed by atoms with van der Waals surface area (Å²) >= 11 is 0. The largest absolute Gasteiger partial charge is 0.394 e. The summed E-state index contributed by atoms with van der Waals surface area (Å²) < 4.78 is 0. The standard InChI is InChI=1S/C46H87NO3/c1-3-5-7-9-11-13-15-16-17-18-19-20-21-22-23-24-25-26-27-28-29-30-31-32-33-35-37-39-41-45(49)44(43-48)47-46(50)42-40-38-36-34-14-12-10-8-6-4-2/h28-29,32-33,39,41,44-45,48-49H,3-27,30-31,34-38,40,42-43H2,1-2H3,(H,47,50)/b29-28+,33-32+,41-39+. The highest BCUT2D eigenvalue weighted by Gasteiger charge is 2.17. The SMILES string of the molecule is CCCCCCCCCCCCCCCCCCCC/C=C/CC/C=C/CC/C=C/C(O)C(CO)NC(=O)CCCCCCCCCCCC. The first-order valence-corrected chi connectivity index (χ1v) is 22.2. The molecule has 1 amide bonds. The molecule has 0 aliphatic heterocycles. The first-order chi connectivity index (χ1) is 24.7. The van der Waals surface area contributed by atoms with Crippen molar-refractivity contribution in [3.63, 3.8) is 0 Å². The van der Waals surface area contributed by atoms with Crippen LogP contribution in [0.2, 0.25) is 0 Å². The van der Waals surface area contributed by atoms with Gasteiger partial charge in [-0.3, -0.25) is 4.79 Å². The molecule has 4 nitrogen and oxygen atoms in total. The summed E-state index contributed by atoms with van der Waals surface area (Å²) in [7, 11) is 0. The molecule has 0 aromatic heterocycles. The van der Waals surface area contributed by atoms with Gasteiger partial charge >= 0.3 is 0 Å². The Morgan fingerprint density at radius 2 is 0.780 bits per heavy atom. The minimum absolute atomic E-state index is 0.0801. The molecule has 3 N–H and O–H groups in total. The lowest BCUT2D eigenvalue weighted by molar-refractivity contribution is -0.123. The molecular weight excluding hydrogens is 615 g/mol. The second-order valence-corrected chi connectivity index (χ2v) is 15.1. The lowest BCUT2D eigenvalue weighted by Gasteiger charge is -2.19. The van der Waals surface area contributed by atoms with Crippen molar-refractivity contribution < 1.29 is 15.0 Å². The Morgan fingerprint density at radius 1 is 0.460 bits per heavy atom. The van der Waals surface area contributed by atoms with Gasteiger partial charge in [0.15, 0.2) is 0 Å². The Balaban J connectivity index is 3.56. The van der Waals surface area contributed by atoms with Gasteiger partial charge in [0.2, 0.25) is 5.91 Å². The van der Waals surface area contributed by atoms with Gasteiger partial charge in [-0.15, -0.1) is 0 Å². The van der Waals surface area contributed by atoms with E-state index in [2.05, 4.69) is 43.5 Å². The lowest BCUT2D eigenvalue weighted by Crippen LogP contribution is -2.45. The van der Waals surface area contributed by atoms with Crippen LogP contribution in [-0.2, 0) is 4.79 Å². The van der Waals surface area contributed by atoms with Gasteiger partial charge < -0.3 is 15.5 Å². The van der Waals surface area contributed by atoms with E-state index in [1.807, 2.05) is 6.08 Å². The Hall–Kier alpha value is -1.39. The van der Waals surface area contributed by atoms with Gasteiger partial charge in [0.25, 0.3) is 0 Å². The van der Waals surface area contributed by atoms with Gasteiger partial charge in [-0.1, -0.05) is 217 Å². The Morgan fingerprint density at radius 3 is 1.16 bits per heavy atom. The third-order valence-corrected chi connectivity index (χ3v) is 10.1. The highest BCUT2D eigenvalue weighted by atomic mass is 16.3. The van der Waals surface area contributed by atoms with Crippen molar-refractivity contribution in [1.29, 1.82) is 0 Å². The number of hydrogen-bond donors (Lipinski definition) is 3. The Bertz CT molecular complexity index is 760. The molecule has 0 aliphatic rings. The van der Waals surface area contributed by atoms with Crippen LogP contribution in [0.15, 0.2) is 36.5 Å². The third kappa shape index (κ3) is 37.9. The molecule has 0 aromatic rings. The molecule has 0 aliphatic carbocycles. The van der Waals surface area contributed by atoms with E-state index in [9.17, 15) is 15.0 Å². The quantitative estimate of drug-likeness (QED) is 0.0440. The molecule has 0 radical (unpaired) electrons. The summed E-state index contributed by atoms with van der Waals surface area (Å²) in [6.45, 7) is 4.28. The number of carbonyl (C=O) groups excluding carboxylic acids is 1. The first-order valence-electron chi connectivity index (χ1n) is 22.2. The molecule has 4 heteroatoms. The van der Waals surface area contributed by atoms with Crippen LogP contribution in [0, 0.1) is 0 Å². The normalized spacial score (nSPS) is 13.3. The van der Waals surface area contributed by atoms with Crippen molar-refractivity contribution >= 4 is 5.91 Å². The highest BCUT2D eigenvalue weighted by Crippen LogP contribution is 2.15. The number of carbonyl (C=O) groups is 1. The maximum atomic E-state index is 12.3.